The van der Waals surface area contributed by atoms with E-state index in [1.54, 1.807) is 0 Å². The number of hydrogen-bond donors (Lipinski definition) is 1. The van der Waals surface area contributed by atoms with Gasteiger partial charge >= 0.3 is 0 Å². The summed E-state index contributed by atoms with van der Waals surface area (Å²) in [5.41, 5.74) is 3.19. The zero-order chi connectivity index (χ0) is 14.2. The van der Waals surface area contributed by atoms with Gasteiger partial charge in [-0.1, -0.05) is 41.1 Å². The fourth-order valence-electron chi connectivity index (χ4n) is 1.82. The van der Waals surface area contributed by atoms with E-state index >= 15 is 0 Å². The Balaban J connectivity index is 1.82. The molecule has 0 unspecified atom stereocenters. The minimum Gasteiger partial charge on any atom is -0.370 e. The molecule has 1 aromatic carbocycles. The molecule has 20 heavy (non-hydrogen) atoms. The van der Waals surface area contributed by atoms with Crippen molar-refractivity contribution in [1.29, 1.82) is 0 Å². The predicted octanol–water partition coefficient (Wildman–Crippen LogP) is 3.67. The maximum atomic E-state index is 5.71. The van der Waals surface area contributed by atoms with Crippen LogP contribution in [0.15, 0.2) is 46.9 Å². The highest BCUT2D eigenvalue weighted by atomic mass is 79.9. The van der Waals surface area contributed by atoms with Crippen molar-refractivity contribution in [3.05, 3.63) is 63.9 Å². The molecule has 0 spiro atoms. The molecule has 2 rings (SSSR count). The Kier molecular flexibility index (Phi) is 6.18. The molecule has 0 saturated carbocycles. The van der Waals surface area contributed by atoms with Crippen LogP contribution >= 0.6 is 15.9 Å². The second-order valence-electron chi connectivity index (χ2n) is 4.52. The molecule has 0 aliphatic rings. The Labute approximate surface area is 128 Å². The van der Waals surface area contributed by atoms with Crippen molar-refractivity contribution in [3.63, 3.8) is 0 Å². The van der Waals surface area contributed by atoms with Crippen molar-refractivity contribution in [2.24, 2.45) is 0 Å². The average Bonchev–Trinajstić information content (AvgIpc) is 2.48. The van der Waals surface area contributed by atoms with Crippen LogP contribution in [0.2, 0.25) is 0 Å². The highest BCUT2D eigenvalue weighted by Gasteiger charge is 1.99. The molecule has 1 heterocycles. The molecule has 3 nitrogen and oxygen atoms in total. The standard InChI is InChI=1S/C16H19BrN2O/c1-2-18-10-15-4-3-5-16(19-15)12-20-11-13-6-8-14(17)9-7-13/h3-9,18H,2,10-12H2,1H3. The first-order valence-corrected chi connectivity index (χ1v) is 7.55. The van der Waals surface area contributed by atoms with Crippen molar-refractivity contribution < 1.29 is 4.74 Å². The molecule has 4 heteroatoms. The van der Waals surface area contributed by atoms with Crippen molar-refractivity contribution in [2.45, 2.75) is 26.7 Å². The van der Waals surface area contributed by atoms with Gasteiger partial charge in [0.1, 0.15) is 0 Å². The molecule has 0 radical (unpaired) electrons. The van der Waals surface area contributed by atoms with E-state index in [2.05, 4.69) is 45.3 Å². The highest BCUT2D eigenvalue weighted by molar-refractivity contribution is 9.10. The average molecular weight is 335 g/mol. The van der Waals surface area contributed by atoms with E-state index in [1.165, 1.54) is 0 Å². The molecule has 1 N–H and O–H groups in total. The summed E-state index contributed by atoms with van der Waals surface area (Å²) in [5, 5.41) is 3.27. The van der Waals surface area contributed by atoms with Crippen molar-refractivity contribution in [3.8, 4) is 0 Å². The number of ether oxygens (including phenoxy) is 1. The zero-order valence-corrected chi connectivity index (χ0v) is 13.2. The summed E-state index contributed by atoms with van der Waals surface area (Å²) >= 11 is 3.42. The lowest BCUT2D eigenvalue weighted by molar-refractivity contribution is 0.104. The first-order chi connectivity index (χ1) is 9.78. The van der Waals surface area contributed by atoms with Gasteiger partial charge in [-0.3, -0.25) is 4.98 Å². The Morgan fingerprint density at radius 2 is 1.80 bits per heavy atom. The van der Waals surface area contributed by atoms with Crippen molar-refractivity contribution >= 4 is 15.9 Å². The monoisotopic (exact) mass is 334 g/mol. The molecular weight excluding hydrogens is 316 g/mol. The quantitative estimate of drug-likeness (QED) is 0.838. The lowest BCUT2D eigenvalue weighted by Gasteiger charge is -2.06. The second kappa shape index (κ2) is 8.15. The van der Waals surface area contributed by atoms with Gasteiger partial charge in [0.2, 0.25) is 0 Å². The van der Waals surface area contributed by atoms with E-state index in [0.717, 1.165) is 34.5 Å². The van der Waals surface area contributed by atoms with Gasteiger partial charge in [-0.05, 0) is 36.4 Å². The molecule has 0 aliphatic carbocycles. The minimum atomic E-state index is 0.538. The van der Waals surface area contributed by atoms with E-state index in [1.807, 2.05) is 30.3 Å². The number of aromatic nitrogens is 1. The number of hydrogen-bond acceptors (Lipinski definition) is 3. The van der Waals surface area contributed by atoms with E-state index < -0.39 is 0 Å². The smallest absolute Gasteiger partial charge is 0.0892 e. The van der Waals surface area contributed by atoms with Gasteiger partial charge in [0.05, 0.1) is 24.6 Å². The topological polar surface area (TPSA) is 34.1 Å². The van der Waals surface area contributed by atoms with Crippen LogP contribution in [0.25, 0.3) is 0 Å². The summed E-state index contributed by atoms with van der Waals surface area (Å²) in [6, 6.07) is 14.2. The van der Waals surface area contributed by atoms with Crippen LogP contribution in [0.1, 0.15) is 23.9 Å². The fourth-order valence-corrected chi connectivity index (χ4v) is 2.08. The zero-order valence-electron chi connectivity index (χ0n) is 11.6. The first kappa shape index (κ1) is 15.2. The first-order valence-electron chi connectivity index (χ1n) is 6.75. The van der Waals surface area contributed by atoms with Crippen LogP contribution in [0.4, 0.5) is 0 Å². The van der Waals surface area contributed by atoms with Gasteiger partial charge < -0.3 is 10.1 Å². The van der Waals surface area contributed by atoms with Crippen LogP contribution in [-0.4, -0.2) is 11.5 Å². The summed E-state index contributed by atoms with van der Waals surface area (Å²) in [4.78, 5) is 4.56. The van der Waals surface area contributed by atoms with Gasteiger partial charge in [-0.25, -0.2) is 0 Å². The summed E-state index contributed by atoms with van der Waals surface area (Å²) in [7, 11) is 0. The van der Waals surface area contributed by atoms with E-state index in [0.29, 0.717) is 13.2 Å². The molecular formula is C16H19BrN2O. The SMILES string of the molecule is CCNCc1cccc(COCc2ccc(Br)cc2)n1. The maximum absolute atomic E-state index is 5.71. The molecule has 2 aromatic rings. The second-order valence-corrected chi connectivity index (χ2v) is 5.44. The van der Waals surface area contributed by atoms with Crippen LogP contribution in [-0.2, 0) is 24.5 Å². The molecule has 0 aliphatic heterocycles. The molecule has 0 bridgehead atoms. The number of halogens is 1. The fraction of sp³-hybridized carbons (Fsp3) is 0.312. The number of benzene rings is 1. The molecule has 0 saturated heterocycles. The van der Waals surface area contributed by atoms with Gasteiger partial charge in [0, 0.05) is 11.0 Å². The summed E-state index contributed by atoms with van der Waals surface area (Å²) in [5.74, 6) is 0. The highest BCUT2D eigenvalue weighted by Crippen LogP contribution is 2.12. The Morgan fingerprint density at radius 3 is 2.55 bits per heavy atom. The van der Waals surface area contributed by atoms with Crippen LogP contribution in [0.5, 0.6) is 0 Å². The van der Waals surface area contributed by atoms with Crippen LogP contribution in [0.3, 0.4) is 0 Å². The predicted molar refractivity (Wildman–Crippen MR) is 84.3 cm³/mol. The molecule has 0 atom stereocenters. The van der Waals surface area contributed by atoms with Crippen LogP contribution in [0, 0.1) is 0 Å². The third kappa shape index (κ3) is 5.04. The molecule has 0 fully saturated rings. The van der Waals surface area contributed by atoms with Gasteiger partial charge in [-0.15, -0.1) is 0 Å². The Hall–Kier alpha value is -1.23. The third-order valence-corrected chi connectivity index (χ3v) is 3.38. The molecule has 1 aromatic heterocycles. The number of pyridine rings is 1. The van der Waals surface area contributed by atoms with Gasteiger partial charge in [0.25, 0.3) is 0 Å². The third-order valence-electron chi connectivity index (χ3n) is 2.85. The number of nitrogens with zero attached hydrogens (tertiary/aromatic N) is 1. The largest absolute Gasteiger partial charge is 0.370 e. The van der Waals surface area contributed by atoms with E-state index in [4.69, 9.17) is 4.74 Å². The molecule has 106 valence electrons. The molecule has 0 amide bonds. The van der Waals surface area contributed by atoms with E-state index in [9.17, 15) is 0 Å². The van der Waals surface area contributed by atoms with E-state index in [-0.39, 0.29) is 0 Å². The Bertz CT molecular complexity index is 528. The number of rotatable bonds is 7. The summed E-state index contributed by atoms with van der Waals surface area (Å²) < 4.78 is 6.79. The normalized spacial score (nSPS) is 10.7. The maximum Gasteiger partial charge on any atom is 0.0892 e. The number of nitrogens with one attached hydrogen (secondary N) is 1. The van der Waals surface area contributed by atoms with Crippen LogP contribution < -0.4 is 5.32 Å². The summed E-state index contributed by atoms with van der Waals surface area (Å²) in [6.45, 7) is 4.98. The lowest BCUT2D eigenvalue weighted by atomic mass is 10.2. The lowest BCUT2D eigenvalue weighted by Crippen LogP contribution is -2.13. The van der Waals surface area contributed by atoms with Gasteiger partial charge in [0.15, 0.2) is 0 Å². The van der Waals surface area contributed by atoms with Crippen molar-refractivity contribution in [1.82, 2.24) is 10.3 Å². The minimum absolute atomic E-state index is 0.538. The van der Waals surface area contributed by atoms with Crippen molar-refractivity contribution in [2.75, 3.05) is 6.54 Å². The van der Waals surface area contributed by atoms with Gasteiger partial charge in [-0.2, -0.15) is 0 Å². The Morgan fingerprint density at radius 1 is 1.05 bits per heavy atom. The summed E-state index contributed by atoms with van der Waals surface area (Å²) in [6.07, 6.45) is 0.